The standard InChI is InChI=1S/C25H20O4/c26-22-24-18-14-8-3-1-6-12(14)16-17-13-7-2-4-9-15(13)19(18)25(24,21(17)20(16)24)23(27)29-11-5-10-28-22/h1-4,6-9,16-21H,5,10-11H2. The lowest BCUT2D eigenvalue weighted by atomic mass is 9.09. The molecule has 4 nitrogen and oxygen atoms in total. The average molecular weight is 384 g/mol. The molecular formula is C25H20O4. The van der Waals surface area contributed by atoms with Gasteiger partial charge >= 0.3 is 11.9 Å². The second kappa shape index (κ2) is 4.43. The smallest absolute Gasteiger partial charge is 0.314 e. The molecule has 2 aromatic rings. The van der Waals surface area contributed by atoms with Gasteiger partial charge in [0.1, 0.15) is 0 Å². The Morgan fingerprint density at radius 2 is 1.07 bits per heavy atom. The SMILES string of the molecule is O=C1OCCCOC(=O)C23C4c5ccccc5C5C6c7ccccc7C4C12C6C53. The number of esters is 2. The fraction of sp³-hybridized carbons (Fsp3) is 0.440. The van der Waals surface area contributed by atoms with Crippen LogP contribution in [0.3, 0.4) is 0 Å². The van der Waals surface area contributed by atoms with Crippen molar-refractivity contribution in [3.05, 3.63) is 70.8 Å². The summed E-state index contributed by atoms with van der Waals surface area (Å²) in [6.07, 6.45) is 0.578. The molecule has 5 aliphatic carbocycles. The fourth-order valence-corrected chi connectivity index (χ4v) is 9.01. The zero-order valence-corrected chi connectivity index (χ0v) is 15.8. The van der Waals surface area contributed by atoms with E-state index in [-0.39, 0.29) is 35.6 Å². The Hall–Kier alpha value is -2.62. The van der Waals surface area contributed by atoms with Gasteiger partial charge in [-0.2, -0.15) is 0 Å². The van der Waals surface area contributed by atoms with E-state index in [1.165, 1.54) is 22.3 Å². The maximum atomic E-state index is 13.7. The summed E-state index contributed by atoms with van der Waals surface area (Å²) in [6, 6.07) is 17.2. The molecule has 0 N–H and O–H groups in total. The molecule has 0 bridgehead atoms. The van der Waals surface area contributed by atoms with Crippen LogP contribution in [0.25, 0.3) is 0 Å². The molecular weight excluding hydrogens is 364 g/mol. The molecule has 8 atom stereocenters. The number of rotatable bonds is 0. The first-order chi connectivity index (χ1) is 14.3. The van der Waals surface area contributed by atoms with Crippen LogP contribution in [-0.4, -0.2) is 25.2 Å². The van der Waals surface area contributed by atoms with Crippen molar-refractivity contribution >= 4 is 11.9 Å². The Morgan fingerprint density at radius 1 is 0.655 bits per heavy atom. The number of ether oxygens (including phenoxy) is 2. The Balaban J connectivity index is 1.50. The number of hydrogen-bond donors (Lipinski definition) is 0. The third kappa shape index (κ3) is 1.18. The summed E-state index contributed by atoms with van der Waals surface area (Å²) in [5.74, 6) is 0.735. The molecule has 4 fully saturated rings. The normalized spacial score (nSPS) is 46.5. The van der Waals surface area contributed by atoms with Crippen LogP contribution in [-0.2, 0) is 19.1 Å². The van der Waals surface area contributed by atoms with Crippen molar-refractivity contribution in [2.75, 3.05) is 13.2 Å². The molecule has 0 amide bonds. The largest absolute Gasteiger partial charge is 0.465 e. The molecule has 3 saturated carbocycles. The summed E-state index contributed by atoms with van der Waals surface area (Å²) in [6.45, 7) is 0.677. The molecule has 4 heteroatoms. The first-order valence-electron chi connectivity index (χ1n) is 10.8. The zero-order chi connectivity index (χ0) is 19.1. The van der Waals surface area contributed by atoms with E-state index in [9.17, 15) is 9.59 Å². The van der Waals surface area contributed by atoms with Crippen molar-refractivity contribution < 1.29 is 19.1 Å². The van der Waals surface area contributed by atoms with Crippen molar-refractivity contribution in [1.82, 2.24) is 0 Å². The predicted molar refractivity (Wildman–Crippen MR) is 102 cm³/mol. The maximum absolute atomic E-state index is 13.7. The van der Waals surface area contributed by atoms with E-state index in [0.717, 1.165) is 0 Å². The second-order valence-electron chi connectivity index (χ2n) is 9.68. The highest BCUT2D eigenvalue weighted by molar-refractivity contribution is 6.00. The van der Waals surface area contributed by atoms with E-state index in [4.69, 9.17) is 9.47 Å². The van der Waals surface area contributed by atoms with Crippen LogP contribution in [0, 0.1) is 22.7 Å². The minimum Gasteiger partial charge on any atom is -0.465 e. The highest BCUT2D eigenvalue weighted by Gasteiger charge is 3.00. The first kappa shape index (κ1) is 15.3. The summed E-state index contributed by atoms with van der Waals surface area (Å²) in [5.41, 5.74) is 3.85. The molecule has 2 spiro atoms. The van der Waals surface area contributed by atoms with Gasteiger partial charge in [-0.25, -0.2) is 0 Å². The van der Waals surface area contributed by atoms with Crippen LogP contribution in [0.1, 0.15) is 52.3 Å². The van der Waals surface area contributed by atoms with Crippen molar-refractivity contribution in [3.8, 4) is 0 Å². The van der Waals surface area contributed by atoms with Gasteiger partial charge in [-0.05, 0) is 45.9 Å². The molecule has 1 heterocycles. The molecule has 8 unspecified atom stereocenters. The number of cyclic esters (lactones) is 2. The van der Waals surface area contributed by atoms with Gasteiger partial charge in [-0.3, -0.25) is 9.59 Å². The van der Waals surface area contributed by atoms with Gasteiger partial charge in [0.25, 0.3) is 0 Å². The third-order valence-electron chi connectivity index (χ3n) is 9.41. The molecule has 1 aliphatic heterocycles. The minimum absolute atomic E-state index is 0.0109. The Labute approximate surface area is 168 Å². The molecule has 2 aromatic carbocycles. The Bertz CT molecular complexity index is 1060. The van der Waals surface area contributed by atoms with Crippen LogP contribution in [0.4, 0.5) is 0 Å². The third-order valence-corrected chi connectivity index (χ3v) is 9.41. The molecule has 0 aromatic heterocycles. The number of carbonyl (C=O) groups is 2. The van der Waals surface area contributed by atoms with Crippen LogP contribution < -0.4 is 0 Å². The molecule has 6 aliphatic rings. The summed E-state index contributed by atoms with van der Waals surface area (Å²) in [5, 5.41) is 0. The molecule has 144 valence electrons. The first-order valence-corrected chi connectivity index (χ1v) is 10.8. The van der Waals surface area contributed by atoms with Gasteiger partial charge in [-0.15, -0.1) is 0 Å². The van der Waals surface area contributed by atoms with Gasteiger partial charge in [0, 0.05) is 18.3 Å². The van der Waals surface area contributed by atoms with Crippen LogP contribution >= 0.6 is 0 Å². The quantitative estimate of drug-likeness (QED) is 0.653. The Morgan fingerprint density at radius 3 is 1.52 bits per heavy atom. The highest BCUT2D eigenvalue weighted by atomic mass is 16.6. The van der Waals surface area contributed by atoms with E-state index in [0.29, 0.717) is 31.5 Å². The lowest BCUT2D eigenvalue weighted by molar-refractivity contribution is -0.364. The number of carbonyl (C=O) groups excluding carboxylic acids is 2. The van der Waals surface area contributed by atoms with Crippen LogP contribution in [0.2, 0.25) is 0 Å². The topological polar surface area (TPSA) is 52.6 Å². The summed E-state index contributed by atoms with van der Waals surface area (Å²) < 4.78 is 11.6. The zero-order valence-electron chi connectivity index (χ0n) is 15.8. The van der Waals surface area contributed by atoms with Crippen LogP contribution in [0.15, 0.2) is 48.5 Å². The fourth-order valence-electron chi connectivity index (χ4n) is 9.01. The lowest BCUT2D eigenvalue weighted by Gasteiger charge is -2.90. The summed E-state index contributed by atoms with van der Waals surface area (Å²) >= 11 is 0. The molecule has 1 saturated heterocycles. The second-order valence-corrected chi connectivity index (χ2v) is 9.68. The maximum Gasteiger partial charge on any atom is 0.314 e. The van der Waals surface area contributed by atoms with Crippen molar-refractivity contribution in [1.29, 1.82) is 0 Å². The summed E-state index contributed by atoms with van der Waals surface area (Å²) in [7, 11) is 0. The molecule has 8 rings (SSSR count). The Kier molecular flexibility index (Phi) is 2.33. The number of fused-ring (bicyclic) bond motifs is 8. The number of benzene rings is 2. The summed E-state index contributed by atoms with van der Waals surface area (Å²) in [4.78, 5) is 27.3. The number of hydrogen-bond acceptors (Lipinski definition) is 4. The van der Waals surface area contributed by atoms with E-state index in [1.54, 1.807) is 0 Å². The minimum atomic E-state index is -0.729. The average Bonchev–Trinajstić information content (AvgIpc) is 2.70. The van der Waals surface area contributed by atoms with Crippen molar-refractivity contribution in [2.24, 2.45) is 22.7 Å². The van der Waals surface area contributed by atoms with Crippen molar-refractivity contribution in [3.63, 3.8) is 0 Å². The van der Waals surface area contributed by atoms with E-state index in [1.807, 2.05) is 0 Å². The van der Waals surface area contributed by atoms with Gasteiger partial charge in [0.05, 0.1) is 24.0 Å². The van der Waals surface area contributed by atoms with Crippen molar-refractivity contribution in [2.45, 2.75) is 30.1 Å². The van der Waals surface area contributed by atoms with Gasteiger partial charge in [0.2, 0.25) is 0 Å². The van der Waals surface area contributed by atoms with E-state index >= 15 is 0 Å². The predicted octanol–water partition coefficient (Wildman–Crippen LogP) is 3.48. The van der Waals surface area contributed by atoms with E-state index in [2.05, 4.69) is 48.5 Å². The van der Waals surface area contributed by atoms with Gasteiger partial charge in [0.15, 0.2) is 0 Å². The van der Waals surface area contributed by atoms with Crippen LogP contribution in [0.5, 0.6) is 0 Å². The van der Waals surface area contributed by atoms with Gasteiger partial charge in [-0.1, -0.05) is 48.5 Å². The van der Waals surface area contributed by atoms with E-state index < -0.39 is 10.8 Å². The monoisotopic (exact) mass is 384 g/mol. The lowest BCUT2D eigenvalue weighted by Crippen LogP contribution is -2.92. The molecule has 0 radical (unpaired) electrons. The highest BCUT2D eigenvalue weighted by Crippen LogP contribution is 2.99. The molecule has 29 heavy (non-hydrogen) atoms. The van der Waals surface area contributed by atoms with Gasteiger partial charge < -0.3 is 9.47 Å².